The Balaban J connectivity index is 2.26. The van der Waals surface area contributed by atoms with Crippen LogP contribution in [0, 0.1) is 6.92 Å². The molecule has 22 heavy (non-hydrogen) atoms. The van der Waals surface area contributed by atoms with Crippen LogP contribution in [-0.2, 0) is 0 Å². The lowest BCUT2D eigenvalue weighted by molar-refractivity contribution is 0.0314. The second-order valence-corrected chi connectivity index (χ2v) is 6.89. The number of likely N-dealkylation sites (N-methyl/N-ethyl adjacent to an activating group) is 1. The average molecular weight is 318 g/mol. The molecule has 0 aliphatic heterocycles. The molecule has 0 saturated carbocycles. The summed E-state index contributed by atoms with van der Waals surface area (Å²) in [6, 6.07) is 7.70. The van der Waals surface area contributed by atoms with Crippen molar-refractivity contribution in [1.29, 1.82) is 0 Å². The van der Waals surface area contributed by atoms with Crippen LogP contribution in [0.15, 0.2) is 29.6 Å². The summed E-state index contributed by atoms with van der Waals surface area (Å²) in [4.78, 5) is 19.9. The molecule has 4 nitrogen and oxygen atoms in total. The molecular weight excluding hydrogens is 296 g/mol. The Morgan fingerprint density at radius 3 is 2.59 bits per heavy atom. The third-order valence-corrected chi connectivity index (χ3v) is 4.23. The monoisotopic (exact) mass is 318 g/mol. The first kappa shape index (κ1) is 16.6. The number of thiophene rings is 1. The van der Waals surface area contributed by atoms with Crippen LogP contribution in [0.1, 0.15) is 36.8 Å². The van der Waals surface area contributed by atoms with E-state index in [1.807, 2.05) is 43.5 Å². The van der Waals surface area contributed by atoms with E-state index in [4.69, 9.17) is 0 Å². The number of hydrogen-bond acceptors (Lipinski definition) is 4. The Labute approximate surface area is 135 Å². The van der Waals surface area contributed by atoms with Gasteiger partial charge in [-0.3, -0.25) is 9.78 Å². The summed E-state index contributed by atoms with van der Waals surface area (Å²) in [5, 5.41) is 12.0. The summed E-state index contributed by atoms with van der Waals surface area (Å²) in [6.07, 6.45) is 0. The number of rotatable bonds is 5. The zero-order valence-electron chi connectivity index (χ0n) is 13.5. The van der Waals surface area contributed by atoms with Crippen molar-refractivity contribution < 1.29 is 9.90 Å². The molecule has 5 heteroatoms. The lowest BCUT2D eigenvalue weighted by Gasteiger charge is -2.28. The van der Waals surface area contributed by atoms with E-state index in [0.717, 1.165) is 10.6 Å². The van der Waals surface area contributed by atoms with Crippen molar-refractivity contribution in [1.82, 2.24) is 9.88 Å². The Kier molecular flexibility index (Phi) is 4.98. The maximum atomic E-state index is 12.6. The molecule has 2 heterocycles. The number of carbonyl (C=O) groups is 1. The quantitative estimate of drug-likeness (QED) is 0.920. The first-order chi connectivity index (χ1) is 10.3. The first-order valence-electron chi connectivity index (χ1n) is 7.35. The summed E-state index contributed by atoms with van der Waals surface area (Å²) in [5.41, 5.74) is 1.27. The van der Waals surface area contributed by atoms with E-state index in [0.29, 0.717) is 24.3 Å². The number of aromatic nitrogens is 1. The number of amides is 1. The van der Waals surface area contributed by atoms with Crippen molar-refractivity contribution in [2.75, 3.05) is 13.1 Å². The Hall–Kier alpha value is -1.72. The van der Waals surface area contributed by atoms with Crippen molar-refractivity contribution in [2.24, 2.45) is 0 Å². The van der Waals surface area contributed by atoms with E-state index in [1.54, 1.807) is 30.1 Å². The molecule has 0 saturated heterocycles. The van der Waals surface area contributed by atoms with Crippen molar-refractivity contribution in [3.63, 3.8) is 0 Å². The third-order valence-electron chi connectivity index (χ3n) is 3.34. The predicted octanol–water partition coefficient (Wildman–Crippen LogP) is 3.35. The molecule has 118 valence electrons. The molecule has 0 aliphatic carbocycles. The Morgan fingerprint density at radius 2 is 2.09 bits per heavy atom. The van der Waals surface area contributed by atoms with Crippen LogP contribution in [0.5, 0.6) is 0 Å². The summed E-state index contributed by atoms with van der Waals surface area (Å²) in [6.45, 7) is 8.01. The minimum absolute atomic E-state index is 0.0904. The van der Waals surface area contributed by atoms with Gasteiger partial charge in [-0.2, -0.15) is 0 Å². The lowest BCUT2D eigenvalue weighted by atomic mass is 10.1. The van der Waals surface area contributed by atoms with Crippen LogP contribution in [-0.4, -0.2) is 39.6 Å². The second kappa shape index (κ2) is 6.58. The number of pyridine rings is 1. The molecule has 0 bridgehead atoms. The van der Waals surface area contributed by atoms with Crippen molar-refractivity contribution >= 4 is 17.2 Å². The lowest BCUT2D eigenvalue weighted by Crippen LogP contribution is -2.42. The van der Waals surface area contributed by atoms with E-state index in [1.165, 1.54) is 0 Å². The van der Waals surface area contributed by atoms with Gasteiger partial charge in [0.25, 0.3) is 5.91 Å². The van der Waals surface area contributed by atoms with Crippen LogP contribution in [0.3, 0.4) is 0 Å². The van der Waals surface area contributed by atoms with Gasteiger partial charge in [0.15, 0.2) is 0 Å². The molecule has 0 fully saturated rings. The fourth-order valence-corrected chi connectivity index (χ4v) is 3.01. The van der Waals surface area contributed by atoms with Crippen molar-refractivity contribution in [3.8, 4) is 10.6 Å². The number of aryl methyl sites for hydroxylation is 1. The smallest absolute Gasteiger partial charge is 0.255 e. The number of aliphatic hydroxyl groups is 1. The highest BCUT2D eigenvalue weighted by molar-refractivity contribution is 7.13. The zero-order chi connectivity index (χ0) is 16.3. The van der Waals surface area contributed by atoms with Crippen LogP contribution in [0.2, 0.25) is 0 Å². The Morgan fingerprint density at radius 1 is 1.36 bits per heavy atom. The van der Waals surface area contributed by atoms with Crippen LogP contribution in [0.25, 0.3) is 10.6 Å². The van der Waals surface area contributed by atoms with Gasteiger partial charge < -0.3 is 10.0 Å². The molecule has 2 rings (SSSR count). The normalized spacial score (nSPS) is 11.5. The van der Waals surface area contributed by atoms with Crippen LogP contribution < -0.4 is 0 Å². The Bertz CT molecular complexity index is 645. The van der Waals surface area contributed by atoms with E-state index >= 15 is 0 Å². The maximum Gasteiger partial charge on any atom is 0.255 e. The number of carbonyl (C=O) groups excluding carboxylic acids is 1. The standard InChI is InChI=1S/C17H22N2O2S/c1-5-19(11-17(3,4)21)16(20)13-8-9-14(18-12(13)2)15-7-6-10-22-15/h6-10,21H,5,11H2,1-4H3. The SMILES string of the molecule is CCN(CC(C)(C)O)C(=O)c1ccc(-c2cccs2)nc1C. The molecule has 2 aromatic rings. The van der Waals surface area contributed by atoms with Gasteiger partial charge in [-0.25, -0.2) is 0 Å². The van der Waals surface area contributed by atoms with Gasteiger partial charge in [0.05, 0.1) is 27.4 Å². The topological polar surface area (TPSA) is 53.4 Å². The van der Waals surface area contributed by atoms with Gasteiger partial charge in [-0.05, 0) is 51.3 Å². The highest BCUT2D eigenvalue weighted by Crippen LogP contribution is 2.24. The summed E-state index contributed by atoms with van der Waals surface area (Å²) >= 11 is 1.63. The average Bonchev–Trinajstić information content (AvgIpc) is 2.97. The molecule has 0 aromatic carbocycles. The predicted molar refractivity (Wildman–Crippen MR) is 90.2 cm³/mol. The minimum atomic E-state index is -0.913. The van der Waals surface area contributed by atoms with E-state index in [2.05, 4.69) is 4.98 Å². The van der Waals surface area contributed by atoms with Gasteiger partial charge in [-0.1, -0.05) is 6.07 Å². The van der Waals surface area contributed by atoms with Gasteiger partial charge >= 0.3 is 0 Å². The van der Waals surface area contributed by atoms with Gasteiger partial charge in [0, 0.05) is 13.1 Å². The van der Waals surface area contributed by atoms with Gasteiger partial charge in [0.2, 0.25) is 0 Å². The molecule has 0 atom stereocenters. The number of nitrogens with zero attached hydrogens (tertiary/aromatic N) is 2. The molecular formula is C17H22N2O2S. The fraction of sp³-hybridized carbons (Fsp3) is 0.412. The second-order valence-electron chi connectivity index (χ2n) is 5.94. The summed E-state index contributed by atoms with van der Waals surface area (Å²) in [5.74, 6) is -0.0904. The highest BCUT2D eigenvalue weighted by atomic mass is 32.1. The molecule has 2 aromatic heterocycles. The molecule has 0 spiro atoms. The molecule has 1 N–H and O–H groups in total. The fourth-order valence-electron chi connectivity index (χ4n) is 2.31. The largest absolute Gasteiger partial charge is 0.389 e. The maximum absolute atomic E-state index is 12.6. The van der Waals surface area contributed by atoms with Crippen molar-refractivity contribution in [2.45, 2.75) is 33.3 Å². The zero-order valence-corrected chi connectivity index (χ0v) is 14.3. The van der Waals surface area contributed by atoms with Gasteiger partial charge in [-0.15, -0.1) is 11.3 Å². The van der Waals surface area contributed by atoms with E-state index in [9.17, 15) is 9.90 Å². The van der Waals surface area contributed by atoms with Gasteiger partial charge in [0.1, 0.15) is 0 Å². The molecule has 0 radical (unpaired) electrons. The van der Waals surface area contributed by atoms with E-state index < -0.39 is 5.60 Å². The van der Waals surface area contributed by atoms with E-state index in [-0.39, 0.29) is 5.91 Å². The molecule has 1 amide bonds. The van der Waals surface area contributed by atoms with Crippen LogP contribution >= 0.6 is 11.3 Å². The van der Waals surface area contributed by atoms with Crippen LogP contribution in [0.4, 0.5) is 0 Å². The molecule has 0 aliphatic rings. The highest BCUT2D eigenvalue weighted by Gasteiger charge is 2.23. The summed E-state index contributed by atoms with van der Waals surface area (Å²) < 4.78 is 0. The summed E-state index contributed by atoms with van der Waals surface area (Å²) in [7, 11) is 0. The third kappa shape index (κ3) is 3.93. The minimum Gasteiger partial charge on any atom is -0.389 e. The van der Waals surface area contributed by atoms with Crippen molar-refractivity contribution in [3.05, 3.63) is 40.9 Å². The first-order valence-corrected chi connectivity index (χ1v) is 8.23. The number of hydrogen-bond donors (Lipinski definition) is 1. The molecule has 0 unspecified atom stereocenters.